The predicted molar refractivity (Wildman–Crippen MR) is 132 cm³/mol. The molecule has 0 saturated heterocycles. The number of aryl methyl sites for hydroxylation is 1. The molecule has 9 nitrogen and oxygen atoms in total. The highest BCUT2D eigenvalue weighted by molar-refractivity contribution is 5.96. The lowest BCUT2D eigenvalue weighted by Crippen LogP contribution is -2.33. The van der Waals surface area contributed by atoms with E-state index in [2.05, 4.69) is 25.9 Å². The summed E-state index contributed by atoms with van der Waals surface area (Å²) in [7, 11) is 1.64. The smallest absolute Gasteiger partial charge is 0.251 e. The van der Waals surface area contributed by atoms with Crippen LogP contribution in [0, 0.1) is 6.92 Å². The average molecular weight is 461 g/mol. The summed E-state index contributed by atoms with van der Waals surface area (Å²) >= 11 is 0. The van der Waals surface area contributed by atoms with Crippen molar-refractivity contribution in [2.75, 3.05) is 38.7 Å². The molecule has 176 valence electrons. The van der Waals surface area contributed by atoms with E-state index in [0.717, 1.165) is 28.3 Å². The maximum absolute atomic E-state index is 12.5. The summed E-state index contributed by atoms with van der Waals surface area (Å²) in [5.74, 6) is 1.29. The lowest BCUT2D eigenvalue weighted by molar-refractivity contribution is 0.0953. The molecule has 2 aromatic carbocycles. The molecule has 4 aromatic rings. The lowest BCUT2D eigenvalue weighted by Gasteiger charge is -2.12. The minimum Gasteiger partial charge on any atom is -0.497 e. The molecule has 0 aliphatic heterocycles. The number of hydrogen-bond acceptors (Lipinski definition) is 7. The maximum Gasteiger partial charge on any atom is 0.251 e. The molecule has 1 amide bonds. The zero-order chi connectivity index (χ0) is 23.9. The second-order valence-corrected chi connectivity index (χ2v) is 7.73. The van der Waals surface area contributed by atoms with Crippen LogP contribution in [0.3, 0.4) is 0 Å². The van der Waals surface area contributed by atoms with Crippen molar-refractivity contribution in [3.63, 3.8) is 0 Å². The van der Waals surface area contributed by atoms with E-state index in [4.69, 9.17) is 9.84 Å². The number of fused-ring (bicyclic) bond motifs is 1. The van der Waals surface area contributed by atoms with Crippen LogP contribution in [0.4, 0.5) is 11.5 Å². The van der Waals surface area contributed by atoms with Crippen molar-refractivity contribution in [3.8, 4) is 17.0 Å². The minimum atomic E-state index is -0.132. The first-order valence-corrected chi connectivity index (χ1v) is 11.0. The van der Waals surface area contributed by atoms with Gasteiger partial charge in [0.2, 0.25) is 0 Å². The standard InChI is InChI=1S/C25H28N6O3/c1-17-15-19(5-8-21(17)25(33)28-10-9-26-12-14-32)30-23-24-29-16-22(31(24)13-11-27-23)18-3-6-20(34-2)7-4-18/h3-8,11,13,15-16,26,32H,9-10,12,14H2,1-2H3,(H,27,30)(H,28,33). The minimum absolute atomic E-state index is 0.0750. The lowest BCUT2D eigenvalue weighted by atomic mass is 10.1. The molecule has 34 heavy (non-hydrogen) atoms. The van der Waals surface area contributed by atoms with Gasteiger partial charge in [-0.25, -0.2) is 9.97 Å². The number of carbonyl (C=O) groups excluding carboxylic acids is 1. The number of nitrogens with one attached hydrogen (secondary N) is 3. The number of benzene rings is 2. The third-order valence-electron chi connectivity index (χ3n) is 5.42. The Morgan fingerprint density at radius 3 is 2.65 bits per heavy atom. The monoisotopic (exact) mass is 460 g/mol. The molecular formula is C25H28N6O3. The molecule has 0 atom stereocenters. The highest BCUT2D eigenvalue weighted by Crippen LogP contribution is 2.27. The van der Waals surface area contributed by atoms with Crippen LogP contribution in [0.5, 0.6) is 5.75 Å². The summed E-state index contributed by atoms with van der Waals surface area (Å²) in [5.41, 5.74) is 4.93. The number of ether oxygens (including phenoxy) is 1. The number of imidazole rings is 1. The first kappa shape index (κ1) is 23.2. The molecule has 0 unspecified atom stereocenters. The van der Waals surface area contributed by atoms with Crippen LogP contribution in [-0.2, 0) is 0 Å². The Hall–Kier alpha value is -3.95. The third-order valence-corrected chi connectivity index (χ3v) is 5.42. The van der Waals surface area contributed by atoms with Gasteiger partial charge >= 0.3 is 0 Å². The summed E-state index contributed by atoms with van der Waals surface area (Å²) in [6.45, 7) is 3.57. The Bertz CT molecular complexity index is 1270. The maximum atomic E-state index is 12.5. The SMILES string of the molecule is COc1ccc(-c2cnc3c(Nc4ccc(C(=O)NCCNCCO)c(C)c4)nccn23)cc1. The molecule has 0 fully saturated rings. The van der Waals surface area contributed by atoms with Crippen molar-refractivity contribution in [1.29, 1.82) is 0 Å². The van der Waals surface area contributed by atoms with E-state index < -0.39 is 0 Å². The van der Waals surface area contributed by atoms with Crippen molar-refractivity contribution in [1.82, 2.24) is 25.0 Å². The zero-order valence-electron chi connectivity index (χ0n) is 19.2. The van der Waals surface area contributed by atoms with Crippen molar-refractivity contribution in [2.45, 2.75) is 6.92 Å². The number of aromatic nitrogens is 3. The molecule has 9 heteroatoms. The molecule has 4 rings (SSSR count). The summed E-state index contributed by atoms with van der Waals surface area (Å²) < 4.78 is 7.23. The van der Waals surface area contributed by atoms with Crippen LogP contribution in [-0.4, -0.2) is 58.7 Å². The van der Waals surface area contributed by atoms with Crippen LogP contribution in [0.15, 0.2) is 61.1 Å². The van der Waals surface area contributed by atoms with Gasteiger partial charge in [-0.1, -0.05) is 0 Å². The zero-order valence-corrected chi connectivity index (χ0v) is 19.2. The van der Waals surface area contributed by atoms with Gasteiger partial charge < -0.3 is 25.8 Å². The molecule has 2 aromatic heterocycles. The van der Waals surface area contributed by atoms with Crippen LogP contribution >= 0.6 is 0 Å². The molecule has 2 heterocycles. The number of amides is 1. The number of methoxy groups -OCH3 is 1. The fourth-order valence-corrected chi connectivity index (χ4v) is 3.68. The van der Waals surface area contributed by atoms with E-state index >= 15 is 0 Å². The van der Waals surface area contributed by atoms with Gasteiger partial charge in [0.1, 0.15) is 5.75 Å². The molecular weight excluding hydrogens is 432 g/mol. The summed E-state index contributed by atoms with van der Waals surface area (Å²) in [6.07, 6.45) is 5.42. The van der Waals surface area contributed by atoms with Gasteiger partial charge in [-0.05, 0) is 55.0 Å². The number of nitrogens with zero attached hydrogens (tertiary/aromatic N) is 3. The largest absolute Gasteiger partial charge is 0.497 e. The summed E-state index contributed by atoms with van der Waals surface area (Å²) in [4.78, 5) is 21.5. The normalized spacial score (nSPS) is 10.9. The quantitative estimate of drug-likeness (QED) is 0.269. The summed E-state index contributed by atoms with van der Waals surface area (Å²) in [6, 6.07) is 13.4. The Morgan fingerprint density at radius 2 is 1.91 bits per heavy atom. The molecule has 0 radical (unpaired) electrons. The Kier molecular flexibility index (Phi) is 7.36. The second-order valence-electron chi connectivity index (χ2n) is 7.73. The van der Waals surface area contributed by atoms with Crippen molar-refractivity contribution in [2.24, 2.45) is 0 Å². The Balaban J connectivity index is 1.50. The topological polar surface area (TPSA) is 113 Å². The van der Waals surface area contributed by atoms with Crippen LogP contribution < -0.4 is 20.7 Å². The third kappa shape index (κ3) is 5.16. The van der Waals surface area contributed by atoms with Crippen molar-refractivity contribution in [3.05, 3.63) is 72.2 Å². The number of aliphatic hydroxyl groups is 1. The van der Waals surface area contributed by atoms with Gasteiger partial charge in [-0.15, -0.1) is 0 Å². The van der Waals surface area contributed by atoms with Gasteiger partial charge in [-0.2, -0.15) is 0 Å². The van der Waals surface area contributed by atoms with E-state index in [1.165, 1.54) is 0 Å². The fraction of sp³-hybridized carbons (Fsp3) is 0.240. The average Bonchev–Trinajstić information content (AvgIpc) is 3.29. The highest BCUT2D eigenvalue weighted by Gasteiger charge is 2.13. The molecule has 0 saturated carbocycles. The van der Waals surface area contributed by atoms with E-state index in [1.807, 2.05) is 60.1 Å². The van der Waals surface area contributed by atoms with Gasteiger partial charge in [0.15, 0.2) is 11.5 Å². The van der Waals surface area contributed by atoms with Crippen molar-refractivity contribution >= 4 is 23.1 Å². The van der Waals surface area contributed by atoms with Crippen molar-refractivity contribution < 1.29 is 14.6 Å². The van der Waals surface area contributed by atoms with Gasteiger partial charge in [0.05, 0.1) is 25.6 Å². The number of carbonyl (C=O) groups is 1. The first-order valence-electron chi connectivity index (χ1n) is 11.0. The first-order chi connectivity index (χ1) is 16.6. The second kappa shape index (κ2) is 10.8. The van der Waals surface area contributed by atoms with E-state index in [-0.39, 0.29) is 12.5 Å². The molecule has 0 aliphatic rings. The van der Waals surface area contributed by atoms with E-state index in [9.17, 15) is 4.79 Å². The Labute approximate surface area is 197 Å². The number of hydrogen-bond donors (Lipinski definition) is 4. The van der Waals surface area contributed by atoms with Gasteiger partial charge in [-0.3, -0.25) is 9.20 Å². The highest BCUT2D eigenvalue weighted by atomic mass is 16.5. The number of rotatable bonds is 10. The van der Waals surface area contributed by atoms with Crippen LogP contribution in [0.25, 0.3) is 16.9 Å². The van der Waals surface area contributed by atoms with E-state index in [1.54, 1.807) is 19.4 Å². The molecule has 0 aliphatic carbocycles. The van der Waals surface area contributed by atoms with Crippen LogP contribution in [0.2, 0.25) is 0 Å². The fourth-order valence-electron chi connectivity index (χ4n) is 3.68. The molecule has 4 N–H and O–H groups in total. The predicted octanol–water partition coefficient (Wildman–Crippen LogP) is 2.77. The van der Waals surface area contributed by atoms with E-state index in [0.29, 0.717) is 36.7 Å². The molecule has 0 bridgehead atoms. The number of aliphatic hydroxyl groups excluding tert-OH is 1. The van der Waals surface area contributed by atoms with Gasteiger partial charge in [0.25, 0.3) is 5.91 Å². The number of anilines is 2. The van der Waals surface area contributed by atoms with Crippen LogP contribution in [0.1, 0.15) is 15.9 Å². The summed E-state index contributed by atoms with van der Waals surface area (Å²) in [5, 5.41) is 18.0. The molecule has 0 spiro atoms. The van der Waals surface area contributed by atoms with Gasteiger partial charge in [0, 0.05) is 48.8 Å². The Morgan fingerprint density at radius 1 is 1.09 bits per heavy atom.